The molecule has 0 fully saturated rings. The molecular formula is C13H15NO6. The lowest BCUT2D eigenvalue weighted by Gasteiger charge is -2.22. The van der Waals surface area contributed by atoms with Crippen LogP contribution >= 0.6 is 0 Å². The number of carbonyl (C=O) groups excluding carboxylic acids is 1. The molecule has 3 N–H and O–H groups in total. The number of carboxylic acid groups (broad SMARTS) is 2. The van der Waals surface area contributed by atoms with E-state index in [4.69, 9.17) is 14.9 Å². The van der Waals surface area contributed by atoms with Gasteiger partial charge in [-0.25, -0.2) is 4.79 Å². The van der Waals surface area contributed by atoms with E-state index < -0.39 is 29.9 Å². The molecule has 0 bridgehead atoms. The summed E-state index contributed by atoms with van der Waals surface area (Å²) in [5, 5.41) is 20.0. The summed E-state index contributed by atoms with van der Waals surface area (Å²) in [5.41, 5.74) is -1.60. The Balaban J connectivity index is 2.57. The topological polar surface area (TPSA) is 113 Å². The lowest BCUT2D eigenvalue weighted by molar-refractivity contribution is -0.154. The van der Waals surface area contributed by atoms with Gasteiger partial charge in [0.25, 0.3) is 0 Å². The molecule has 7 nitrogen and oxygen atoms in total. The van der Waals surface area contributed by atoms with Crippen LogP contribution in [0.2, 0.25) is 0 Å². The van der Waals surface area contributed by atoms with Crippen molar-refractivity contribution in [2.75, 3.05) is 6.54 Å². The summed E-state index contributed by atoms with van der Waals surface area (Å²) in [6, 6.07) is 8.22. The zero-order valence-corrected chi connectivity index (χ0v) is 10.8. The first-order valence-electron chi connectivity index (χ1n) is 5.79. The molecule has 0 spiro atoms. The largest absolute Gasteiger partial charge is 0.481 e. The Bertz CT molecular complexity index is 501. The second kappa shape index (κ2) is 6.55. The van der Waals surface area contributed by atoms with Gasteiger partial charge in [-0.05, 0) is 19.1 Å². The summed E-state index contributed by atoms with van der Waals surface area (Å²) in [6.07, 6.45) is -1.44. The maximum absolute atomic E-state index is 11.5. The third kappa shape index (κ3) is 4.60. The first kappa shape index (κ1) is 15.5. The summed E-state index contributed by atoms with van der Waals surface area (Å²) in [5.74, 6) is -2.26. The van der Waals surface area contributed by atoms with Crippen molar-refractivity contribution < 1.29 is 29.3 Å². The first-order valence-corrected chi connectivity index (χ1v) is 5.79. The van der Waals surface area contributed by atoms with Gasteiger partial charge in [-0.2, -0.15) is 0 Å². The zero-order chi connectivity index (χ0) is 15.2. The summed E-state index contributed by atoms with van der Waals surface area (Å²) >= 11 is 0. The third-order valence-electron chi connectivity index (χ3n) is 2.63. The van der Waals surface area contributed by atoms with Gasteiger partial charge >= 0.3 is 18.0 Å². The Morgan fingerprint density at radius 3 is 2.30 bits per heavy atom. The number of carbonyl (C=O) groups is 3. The molecule has 0 saturated carbocycles. The van der Waals surface area contributed by atoms with Crippen LogP contribution in [0.1, 0.15) is 13.3 Å². The maximum atomic E-state index is 11.5. The van der Waals surface area contributed by atoms with E-state index >= 15 is 0 Å². The molecule has 1 rings (SSSR count). The molecule has 1 aromatic carbocycles. The molecule has 1 aromatic rings. The van der Waals surface area contributed by atoms with E-state index in [0.29, 0.717) is 5.75 Å². The summed E-state index contributed by atoms with van der Waals surface area (Å²) in [6.45, 7) is 0.895. The monoisotopic (exact) mass is 281 g/mol. The molecule has 0 heterocycles. The lowest BCUT2D eigenvalue weighted by atomic mass is 9.87. The Labute approximate surface area is 115 Å². The van der Waals surface area contributed by atoms with Gasteiger partial charge in [0.05, 0.1) is 11.8 Å². The van der Waals surface area contributed by atoms with Crippen molar-refractivity contribution in [1.82, 2.24) is 5.32 Å². The number of ether oxygens (including phenoxy) is 1. The Hall–Kier alpha value is -2.57. The molecule has 1 amide bonds. The zero-order valence-electron chi connectivity index (χ0n) is 10.8. The molecule has 0 aliphatic rings. The Morgan fingerprint density at radius 2 is 1.80 bits per heavy atom. The minimum absolute atomic E-state index is 0.306. The predicted molar refractivity (Wildman–Crippen MR) is 68.5 cm³/mol. The van der Waals surface area contributed by atoms with Crippen molar-refractivity contribution in [3.8, 4) is 5.75 Å². The number of amides is 1. The van der Waals surface area contributed by atoms with E-state index in [0.717, 1.165) is 0 Å². The number of carboxylic acids is 2. The van der Waals surface area contributed by atoms with Gasteiger partial charge in [0, 0.05) is 6.54 Å². The second-order valence-electron chi connectivity index (χ2n) is 4.49. The number of para-hydroxylation sites is 1. The highest BCUT2D eigenvalue weighted by Crippen LogP contribution is 2.20. The first-order chi connectivity index (χ1) is 9.33. The van der Waals surface area contributed by atoms with Crippen LogP contribution in [-0.2, 0) is 9.59 Å². The Morgan fingerprint density at radius 1 is 1.20 bits per heavy atom. The molecule has 1 unspecified atom stereocenters. The molecule has 20 heavy (non-hydrogen) atoms. The quantitative estimate of drug-likeness (QED) is 0.725. The van der Waals surface area contributed by atoms with E-state index in [1.165, 1.54) is 6.92 Å². The SMILES string of the molecule is CC(CNC(=O)Oc1ccccc1)(CC(=O)O)C(=O)O. The van der Waals surface area contributed by atoms with Crippen LogP contribution in [0.25, 0.3) is 0 Å². The van der Waals surface area contributed by atoms with E-state index in [2.05, 4.69) is 5.32 Å². The smallest absolute Gasteiger partial charge is 0.412 e. The molecule has 7 heteroatoms. The summed E-state index contributed by atoms with van der Waals surface area (Å²) in [4.78, 5) is 33.2. The van der Waals surface area contributed by atoms with Crippen molar-refractivity contribution in [3.63, 3.8) is 0 Å². The van der Waals surface area contributed by atoms with Gasteiger partial charge in [-0.1, -0.05) is 18.2 Å². The van der Waals surface area contributed by atoms with Crippen molar-refractivity contribution in [2.45, 2.75) is 13.3 Å². The highest BCUT2D eigenvalue weighted by Gasteiger charge is 2.36. The van der Waals surface area contributed by atoms with Gasteiger partial charge < -0.3 is 20.3 Å². The standard InChI is InChI=1S/C13H15NO6/c1-13(11(17)18,7-10(15)16)8-14-12(19)20-9-5-3-2-4-6-9/h2-6H,7-8H2,1H3,(H,14,19)(H,15,16)(H,17,18). The fourth-order valence-corrected chi connectivity index (χ4v) is 1.45. The number of nitrogens with one attached hydrogen (secondary N) is 1. The second-order valence-corrected chi connectivity index (χ2v) is 4.49. The molecule has 0 aliphatic heterocycles. The molecule has 108 valence electrons. The summed E-state index contributed by atoms with van der Waals surface area (Å²) < 4.78 is 4.90. The number of benzene rings is 1. The van der Waals surface area contributed by atoms with Crippen LogP contribution in [0.5, 0.6) is 5.75 Å². The van der Waals surface area contributed by atoms with Crippen molar-refractivity contribution >= 4 is 18.0 Å². The summed E-state index contributed by atoms with van der Waals surface area (Å²) in [7, 11) is 0. The van der Waals surface area contributed by atoms with Gasteiger partial charge in [0.2, 0.25) is 0 Å². The van der Waals surface area contributed by atoms with E-state index in [1.54, 1.807) is 30.3 Å². The average Bonchev–Trinajstić information content (AvgIpc) is 2.36. The lowest BCUT2D eigenvalue weighted by Crippen LogP contribution is -2.43. The number of aliphatic carboxylic acids is 2. The fraction of sp³-hybridized carbons (Fsp3) is 0.308. The molecule has 0 radical (unpaired) electrons. The number of hydrogen-bond acceptors (Lipinski definition) is 4. The molecule has 0 aromatic heterocycles. The third-order valence-corrected chi connectivity index (χ3v) is 2.63. The normalized spacial score (nSPS) is 13.1. The highest BCUT2D eigenvalue weighted by atomic mass is 16.6. The molecule has 0 aliphatic carbocycles. The highest BCUT2D eigenvalue weighted by molar-refractivity contribution is 5.82. The fourth-order valence-electron chi connectivity index (χ4n) is 1.45. The van der Waals surface area contributed by atoms with Gasteiger partial charge in [-0.3, -0.25) is 9.59 Å². The van der Waals surface area contributed by atoms with Crippen LogP contribution in [-0.4, -0.2) is 34.8 Å². The van der Waals surface area contributed by atoms with Crippen LogP contribution in [0.15, 0.2) is 30.3 Å². The maximum Gasteiger partial charge on any atom is 0.412 e. The van der Waals surface area contributed by atoms with Crippen molar-refractivity contribution in [2.24, 2.45) is 5.41 Å². The van der Waals surface area contributed by atoms with Crippen molar-refractivity contribution in [3.05, 3.63) is 30.3 Å². The van der Waals surface area contributed by atoms with Crippen LogP contribution < -0.4 is 10.1 Å². The average molecular weight is 281 g/mol. The van der Waals surface area contributed by atoms with Crippen LogP contribution in [0, 0.1) is 5.41 Å². The van der Waals surface area contributed by atoms with Gasteiger partial charge in [-0.15, -0.1) is 0 Å². The van der Waals surface area contributed by atoms with Gasteiger partial charge in [0.15, 0.2) is 0 Å². The van der Waals surface area contributed by atoms with Crippen LogP contribution in [0.3, 0.4) is 0 Å². The number of hydrogen-bond donors (Lipinski definition) is 3. The molecular weight excluding hydrogens is 266 g/mol. The molecule has 0 saturated heterocycles. The minimum Gasteiger partial charge on any atom is -0.481 e. The number of rotatable bonds is 6. The van der Waals surface area contributed by atoms with E-state index in [-0.39, 0.29) is 6.54 Å². The van der Waals surface area contributed by atoms with E-state index in [1.807, 2.05) is 0 Å². The van der Waals surface area contributed by atoms with Crippen LogP contribution in [0.4, 0.5) is 4.79 Å². The van der Waals surface area contributed by atoms with Gasteiger partial charge in [0.1, 0.15) is 5.75 Å². The van der Waals surface area contributed by atoms with Crippen molar-refractivity contribution in [1.29, 1.82) is 0 Å². The predicted octanol–water partition coefficient (Wildman–Crippen LogP) is 1.34. The Kier molecular flexibility index (Phi) is 5.08. The minimum atomic E-state index is -1.60. The molecule has 1 atom stereocenters. The van der Waals surface area contributed by atoms with E-state index in [9.17, 15) is 14.4 Å².